The summed E-state index contributed by atoms with van der Waals surface area (Å²) in [5, 5.41) is 9.22. The van der Waals surface area contributed by atoms with Crippen LogP contribution in [0.4, 0.5) is 0 Å². The molecular formula is C12H21NO2. The highest BCUT2D eigenvalue weighted by molar-refractivity contribution is 5.80. The summed E-state index contributed by atoms with van der Waals surface area (Å²) in [4.78, 5) is 11.8. The predicted molar refractivity (Wildman–Crippen MR) is 59.0 cm³/mol. The number of carbonyl (C=O) groups excluding carboxylic acids is 1. The minimum Gasteiger partial charge on any atom is -0.465 e. The molecule has 0 unspecified atom stereocenters. The van der Waals surface area contributed by atoms with Gasteiger partial charge in [0.05, 0.1) is 12.7 Å². The van der Waals surface area contributed by atoms with Gasteiger partial charge in [-0.15, -0.1) is 0 Å². The van der Waals surface area contributed by atoms with E-state index in [1.165, 1.54) is 0 Å². The van der Waals surface area contributed by atoms with Gasteiger partial charge in [-0.25, -0.2) is 0 Å². The van der Waals surface area contributed by atoms with Crippen molar-refractivity contribution in [2.24, 2.45) is 11.3 Å². The van der Waals surface area contributed by atoms with Crippen molar-refractivity contribution in [3.63, 3.8) is 0 Å². The molecule has 86 valence electrons. The van der Waals surface area contributed by atoms with Gasteiger partial charge in [-0.1, -0.05) is 27.2 Å². The van der Waals surface area contributed by atoms with Gasteiger partial charge < -0.3 is 4.74 Å². The van der Waals surface area contributed by atoms with Gasteiger partial charge in [-0.05, 0) is 25.7 Å². The van der Waals surface area contributed by atoms with Gasteiger partial charge in [0.2, 0.25) is 0 Å². The Kier molecular flexibility index (Phi) is 6.00. The summed E-state index contributed by atoms with van der Waals surface area (Å²) in [5.74, 6) is -0.313. The van der Waals surface area contributed by atoms with E-state index >= 15 is 0 Å². The molecule has 0 amide bonds. The molecule has 0 saturated carbocycles. The lowest BCUT2D eigenvalue weighted by Gasteiger charge is -2.29. The van der Waals surface area contributed by atoms with Crippen LogP contribution in [-0.2, 0) is 9.53 Å². The SMILES string of the molecule is CCC[C@@H](C)[C@@](C#N)(CC)C(=O)OCC. The van der Waals surface area contributed by atoms with Crippen molar-refractivity contribution in [2.45, 2.75) is 47.0 Å². The van der Waals surface area contributed by atoms with E-state index in [2.05, 4.69) is 13.0 Å². The maximum Gasteiger partial charge on any atom is 0.326 e. The Morgan fingerprint density at radius 3 is 2.40 bits per heavy atom. The summed E-state index contributed by atoms with van der Waals surface area (Å²) in [5.41, 5.74) is -0.952. The molecule has 0 aromatic rings. The molecule has 0 aliphatic carbocycles. The van der Waals surface area contributed by atoms with Crippen LogP contribution in [0, 0.1) is 22.7 Å². The van der Waals surface area contributed by atoms with Crippen molar-refractivity contribution in [1.82, 2.24) is 0 Å². The highest BCUT2D eigenvalue weighted by Crippen LogP contribution is 2.35. The fourth-order valence-corrected chi connectivity index (χ4v) is 1.87. The van der Waals surface area contributed by atoms with Crippen molar-refractivity contribution >= 4 is 5.97 Å². The zero-order chi connectivity index (χ0) is 11.9. The molecule has 3 nitrogen and oxygen atoms in total. The monoisotopic (exact) mass is 211 g/mol. The second-order valence-electron chi connectivity index (χ2n) is 3.85. The first kappa shape index (κ1) is 14.0. The van der Waals surface area contributed by atoms with E-state index in [1.54, 1.807) is 6.92 Å². The average Bonchev–Trinajstić information content (AvgIpc) is 2.21. The van der Waals surface area contributed by atoms with Gasteiger partial charge in [0.15, 0.2) is 5.41 Å². The van der Waals surface area contributed by atoms with Crippen LogP contribution < -0.4 is 0 Å². The van der Waals surface area contributed by atoms with E-state index < -0.39 is 5.41 Å². The number of rotatable bonds is 6. The number of esters is 1. The summed E-state index contributed by atoms with van der Waals surface area (Å²) in [7, 11) is 0. The van der Waals surface area contributed by atoms with Gasteiger partial charge in [0, 0.05) is 0 Å². The Labute approximate surface area is 92.4 Å². The highest BCUT2D eigenvalue weighted by atomic mass is 16.5. The van der Waals surface area contributed by atoms with Crippen LogP contribution in [0.3, 0.4) is 0 Å². The van der Waals surface area contributed by atoms with E-state index in [1.807, 2.05) is 13.8 Å². The van der Waals surface area contributed by atoms with E-state index in [0.29, 0.717) is 13.0 Å². The number of ether oxygens (including phenoxy) is 1. The minimum absolute atomic E-state index is 0.0524. The van der Waals surface area contributed by atoms with Gasteiger partial charge in [-0.2, -0.15) is 5.26 Å². The molecule has 15 heavy (non-hydrogen) atoms. The molecule has 0 fully saturated rings. The highest BCUT2D eigenvalue weighted by Gasteiger charge is 2.43. The van der Waals surface area contributed by atoms with Crippen LogP contribution in [0.2, 0.25) is 0 Å². The third-order valence-electron chi connectivity index (χ3n) is 2.96. The molecule has 0 spiro atoms. The zero-order valence-corrected chi connectivity index (χ0v) is 10.2. The lowest BCUT2D eigenvalue weighted by Crippen LogP contribution is -2.37. The zero-order valence-electron chi connectivity index (χ0n) is 10.2. The summed E-state index contributed by atoms with van der Waals surface area (Å²) in [6.07, 6.45) is 2.37. The largest absolute Gasteiger partial charge is 0.465 e. The summed E-state index contributed by atoms with van der Waals surface area (Å²) < 4.78 is 5.00. The van der Waals surface area contributed by atoms with Crippen molar-refractivity contribution in [3.8, 4) is 6.07 Å². The Hall–Kier alpha value is -1.04. The van der Waals surface area contributed by atoms with Crippen LogP contribution in [0.15, 0.2) is 0 Å². The molecule has 0 aromatic heterocycles. The van der Waals surface area contributed by atoms with E-state index in [0.717, 1.165) is 12.8 Å². The van der Waals surface area contributed by atoms with E-state index in [9.17, 15) is 10.1 Å². The van der Waals surface area contributed by atoms with Gasteiger partial charge in [0.25, 0.3) is 0 Å². The number of hydrogen-bond donors (Lipinski definition) is 0. The van der Waals surface area contributed by atoms with Gasteiger partial charge >= 0.3 is 5.97 Å². The quantitative estimate of drug-likeness (QED) is 0.635. The molecule has 0 heterocycles. The van der Waals surface area contributed by atoms with Crippen LogP contribution in [0.5, 0.6) is 0 Å². The third-order valence-corrected chi connectivity index (χ3v) is 2.96. The Morgan fingerprint density at radius 2 is 2.07 bits per heavy atom. The average molecular weight is 211 g/mol. The van der Waals surface area contributed by atoms with Crippen molar-refractivity contribution < 1.29 is 9.53 Å². The molecule has 3 heteroatoms. The lowest BCUT2D eigenvalue weighted by molar-refractivity contribution is -0.155. The Bertz CT molecular complexity index is 244. The number of carbonyl (C=O) groups is 1. The maximum atomic E-state index is 11.8. The van der Waals surface area contributed by atoms with E-state index in [4.69, 9.17) is 4.74 Å². The summed E-state index contributed by atoms with van der Waals surface area (Å²) in [6.45, 7) is 7.97. The Morgan fingerprint density at radius 1 is 1.47 bits per heavy atom. The first-order valence-electron chi connectivity index (χ1n) is 5.67. The molecule has 2 atom stereocenters. The smallest absolute Gasteiger partial charge is 0.326 e. The molecule has 0 bridgehead atoms. The molecule has 0 aliphatic heterocycles. The second kappa shape index (κ2) is 6.44. The normalized spacial score (nSPS) is 16.2. The van der Waals surface area contributed by atoms with Crippen LogP contribution in [-0.4, -0.2) is 12.6 Å². The molecule has 0 rings (SSSR count). The standard InChI is InChI=1S/C12H21NO2/c1-5-8-10(4)12(6-2,9-13)11(14)15-7-3/h10H,5-8H2,1-4H3/t10-,12+/m1/s1. The molecule has 0 saturated heterocycles. The van der Waals surface area contributed by atoms with Gasteiger partial charge in [-0.3, -0.25) is 4.79 Å². The molecule has 0 aromatic carbocycles. The van der Waals surface area contributed by atoms with Crippen LogP contribution in [0.1, 0.15) is 47.0 Å². The maximum absolute atomic E-state index is 11.8. The fourth-order valence-electron chi connectivity index (χ4n) is 1.87. The number of hydrogen-bond acceptors (Lipinski definition) is 3. The third kappa shape index (κ3) is 2.95. The predicted octanol–water partition coefficient (Wildman–Crippen LogP) is 2.91. The Balaban J connectivity index is 4.88. The van der Waals surface area contributed by atoms with E-state index in [-0.39, 0.29) is 11.9 Å². The van der Waals surface area contributed by atoms with Crippen LogP contribution >= 0.6 is 0 Å². The molecule has 0 N–H and O–H groups in total. The van der Waals surface area contributed by atoms with Crippen molar-refractivity contribution in [3.05, 3.63) is 0 Å². The summed E-state index contributed by atoms with van der Waals surface area (Å²) in [6, 6.07) is 2.16. The van der Waals surface area contributed by atoms with Crippen molar-refractivity contribution in [2.75, 3.05) is 6.61 Å². The molecule has 0 aliphatic rings. The van der Waals surface area contributed by atoms with Crippen LogP contribution in [0.25, 0.3) is 0 Å². The van der Waals surface area contributed by atoms with Gasteiger partial charge in [0.1, 0.15) is 0 Å². The first-order chi connectivity index (χ1) is 7.08. The second-order valence-corrected chi connectivity index (χ2v) is 3.85. The fraction of sp³-hybridized carbons (Fsp3) is 0.833. The number of nitrogens with zero attached hydrogens (tertiary/aromatic N) is 1. The first-order valence-corrected chi connectivity index (χ1v) is 5.67. The van der Waals surface area contributed by atoms with Crippen molar-refractivity contribution in [1.29, 1.82) is 5.26 Å². The topological polar surface area (TPSA) is 50.1 Å². The lowest BCUT2D eigenvalue weighted by atomic mass is 9.73. The summed E-state index contributed by atoms with van der Waals surface area (Å²) >= 11 is 0. The minimum atomic E-state index is -0.952. The molecule has 0 radical (unpaired) electrons. The molecular weight excluding hydrogens is 190 g/mol. The number of nitriles is 1.